The second-order valence-corrected chi connectivity index (χ2v) is 11.0. The second kappa shape index (κ2) is 13.6. The first kappa shape index (κ1) is 30.6. The standard InChI is InChI=1S/C32H26BrClN4O6/c1-20-7-8-21(2)37(20)25-9-11-26(12-10-25)42-19-27-13-14-30(44-27)32(39)36-35-17-23-15-24(33)16-29(38(40)41)31(23)43-18-22-5-3-4-6-28(22)34/h3-17H,18-19H2,1-2H3,(H,36,39)/b35-17+. The van der Waals surface area contributed by atoms with Crippen LogP contribution in [0.5, 0.6) is 11.5 Å². The molecule has 0 bridgehead atoms. The zero-order valence-corrected chi connectivity index (χ0v) is 26.0. The van der Waals surface area contributed by atoms with Crippen LogP contribution in [-0.2, 0) is 13.2 Å². The summed E-state index contributed by atoms with van der Waals surface area (Å²) < 4.78 is 19.8. The van der Waals surface area contributed by atoms with Crippen molar-refractivity contribution < 1.29 is 23.6 Å². The third kappa shape index (κ3) is 7.19. The van der Waals surface area contributed by atoms with Crippen LogP contribution >= 0.6 is 27.5 Å². The number of nitrogens with zero attached hydrogens (tertiary/aromatic N) is 3. The highest BCUT2D eigenvalue weighted by atomic mass is 79.9. The molecule has 0 fully saturated rings. The molecule has 0 atom stereocenters. The molecule has 0 aliphatic rings. The number of benzene rings is 3. The Morgan fingerprint density at radius 2 is 1.75 bits per heavy atom. The number of aromatic nitrogens is 1. The zero-order chi connectivity index (χ0) is 31.2. The van der Waals surface area contributed by atoms with Gasteiger partial charge in [0.2, 0.25) is 5.75 Å². The number of hydrogen-bond donors (Lipinski definition) is 1. The number of halogens is 2. The van der Waals surface area contributed by atoms with Crippen LogP contribution in [0.2, 0.25) is 5.02 Å². The number of hydrazone groups is 1. The Hall–Kier alpha value is -4.87. The number of rotatable bonds is 11. The number of furan rings is 1. The first-order valence-corrected chi connectivity index (χ1v) is 14.5. The highest BCUT2D eigenvalue weighted by Gasteiger charge is 2.21. The molecule has 0 aliphatic carbocycles. The van der Waals surface area contributed by atoms with Gasteiger partial charge in [0.1, 0.15) is 24.7 Å². The summed E-state index contributed by atoms with van der Waals surface area (Å²) in [6.07, 6.45) is 1.25. The van der Waals surface area contributed by atoms with Crippen LogP contribution in [-0.4, -0.2) is 21.6 Å². The molecule has 2 aromatic heterocycles. The number of nitro benzene ring substituents is 1. The van der Waals surface area contributed by atoms with Gasteiger partial charge in [0.15, 0.2) is 5.76 Å². The van der Waals surface area contributed by atoms with Gasteiger partial charge >= 0.3 is 11.6 Å². The second-order valence-electron chi connectivity index (χ2n) is 9.68. The van der Waals surface area contributed by atoms with E-state index in [1.165, 1.54) is 18.3 Å². The minimum absolute atomic E-state index is 0.0107. The summed E-state index contributed by atoms with van der Waals surface area (Å²) in [6.45, 7) is 4.21. The predicted octanol–water partition coefficient (Wildman–Crippen LogP) is 7.93. The van der Waals surface area contributed by atoms with E-state index in [-0.39, 0.29) is 36.0 Å². The van der Waals surface area contributed by atoms with E-state index in [4.69, 9.17) is 25.5 Å². The van der Waals surface area contributed by atoms with Crippen molar-refractivity contribution >= 4 is 45.3 Å². The van der Waals surface area contributed by atoms with Gasteiger partial charge in [-0.1, -0.05) is 45.7 Å². The molecule has 12 heteroatoms. The lowest BCUT2D eigenvalue weighted by Crippen LogP contribution is -2.17. The van der Waals surface area contributed by atoms with Crippen molar-refractivity contribution in [3.63, 3.8) is 0 Å². The van der Waals surface area contributed by atoms with Crippen molar-refractivity contribution in [1.29, 1.82) is 0 Å². The van der Waals surface area contributed by atoms with Crippen LogP contribution in [0, 0.1) is 24.0 Å². The van der Waals surface area contributed by atoms with Gasteiger partial charge in [0, 0.05) is 43.8 Å². The molecule has 1 N–H and O–H groups in total. The molecule has 224 valence electrons. The van der Waals surface area contributed by atoms with Gasteiger partial charge < -0.3 is 18.5 Å². The highest BCUT2D eigenvalue weighted by molar-refractivity contribution is 9.10. The molecular weight excluding hydrogens is 652 g/mol. The van der Waals surface area contributed by atoms with Gasteiger partial charge in [0.05, 0.1) is 11.1 Å². The number of amides is 1. The van der Waals surface area contributed by atoms with E-state index in [0.717, 1.165) is 17.1 Å². The molecule has 5 aromatic rings. The minimum atomic E-state index is -0.614. The van der Waals surface area contributed by atoms with Crippen LogP contribution in [0.25, 0.3) is 5.69 Å². The summed E-state index contributed by atoms with van der Waals surface area (Å²) in [4.78, 5) is 23.9. The Morgan fingerprint density at radius 3 is 2.45 bits per heavy atom. The van der Waals surface area contributed by atoms with E-state index < -0.39 is 10.8 Å². The lowest BCUT2D eigenvalue weighted by atomic mass is 10.2. The van der Waals surface area contributed by atoms with Crippen molar-refractivity contribution in [2.75, 3.05) is 0 Å². The number of carbonyl (C=O) groups is 1. The first-order chi connectivity index (χ1) is 21.2. The third-order valence-electron chi connectivity index (χ3n) is 6.59. The maximum atomic E-state index is 12.7. The molecule has 0 unspecified atom stereocenters. The molecular formula is C32H26BrClN4O6. The van der Waals surface area contributed by atoms with Gasteiger partial charge in [-0.05, 0) is 74.5 Å². The minimum Gasteiger partial charge on any atom is -0.486 e. The van der Waals surface area contributed by atoms with E-state index >= 15 is 0 Å². The number of nitrogens with one attached hydrogen (secondary N) is 1. The average Bonchev–Trinajstić information content (AvgIpc) is 3.62. The van der Waals surface area contributed by atoms with E-state index in [0.29, 0.717) is 26.6 Å². The Bertz CT molecular complexity index is 1830. The van der Waals surface area contributed by atoms with Crippen molar-refractivity contribution in [2.45, 2.75) is 27.1 Å². The normalized spacial score (nSPS) is 11.1. The lowest BCUT2D eigenvalue weighted by Gasteiger charge is -2.11. The van der Waals surface area contributed by atoms with Crippen molar-refractivity contribution in [3.05, 3.63) is 139 Å². The van der Waals surface area contributed by atoms with Crippen LogP contribution in [0.1, 0.15) is 38.8 Å². The van der Waals surface area contributed by atoms with Gasteiger partial charge in [-0.2, -0.15) is 5.10 Å². The Morgan fingerprint density at radius 1 is 1.02 bits per heavy atom. The number of ether oxygens (including phenoxy) is 2. The summed E-state index contributed by atoms with van der Waals surface area (Å²) in [5.41, 5.74) is 6.33. The molecule has 0 saturated carbocycles. The molecule has 0 aliphatic heterocycles. The van der Waals surface area contributed by atoms with Crippen LogP contribution in [0.4, 0.5) is 5.69 Å². The molecule has 1 amide bonds. The van der Waals surface area contributed by atoms with Crippen molar-refractivity contribution in [3.8, 4) is 17.2 Å². The summed E-state index contributed by atoms with van der Waals surface area (Å²) in [5, 5.41) is 16.2. The van der Waals surface area contributed by atoms with Gasteiger partial charge in [-0.3, -0.25) is 14.9 Å². The predicted molar refractivity (Wildman–Crippen MR) is 170 cm³/mol. The van der Waals surface area contributed by atoms with Gasteiger partial charge in [0.25, 0.3) is 0 Å². The van der Waals surface area contributed by atoms with Crippen molar-refractivity contribution in [2.24, 2.45) is 5.10 Å². The topological polar surface area (TPSA) is 121 Å². The maximum absolute atomic E-state index is 12.7. The summed E-state index contributed by atoms with van der Waals surface area (Å²) in [5.74, 6) is 0.472. The van der Waals surface area contributed by atoms with E-state index in [1.54, 1.807) is 36.4 Å². The van der Waals surface area contributed by atoms with E-state index in [9.17, 15) is 14.9 Å². The van der Waals surface area contributed by atoms with E-state index in [2.05, 4.69) is 57.0 Å². The summed E-state index contributed by atoms with van der Waals surface area (Å²) in [6, 6.07) is 24.9. The Kier molecular flexibility index (Phi) is 9.47. The molecule has 10 nitrogen and oxygen atoms in total. The Labute approximate surface area is 266 Å². The number of carbonyl (C=O) groups excluding carboxylic acids is 1. The number of hydrogen-bond acceptors (Lipinski definition) is 7. The number of aryl methyl sites for hydroxylation is 2. The monoisotopic (exact) mass is 676 g/mol. The fourth-order valence-corrected chi connectivity index (χ4v) is 5.12. The molecule has 3 aromatic carbocycles. The highest BCUT2D eigenvalue weighted by Crippen LogP contribution is 2.35. The smallest absolute Gasteiger partial charge is 0.312 e. The maximum Gasteiger partial charge on any atom is 0.312 e. The van der Waals surface area contributed by atoms with Crippen LogP contribution < -0.4 is 14.9 Å². The molecule has 0 radical (unpaired) electrons. The average molecular weight is 678 g/mol. The van der Waals surface area contributed by atoms with Gasteiger partial charge in [-0.25, -0.2) is 5.43 Å². The van der Waals surface area contributed by atoms with Gasteiger partial charge in [-0.15, -0.1) is 0 Å². The molecule has 5 rings (SSSR count). The fourth-order valence-electron chi connectivity index (χ4n) is 4.47. The number of nitro groups is 1. The Balaban J connectivity index is 1.22. The molecule has 0 spiro atoms. The summed E-state index contributed by atoms with van der Waals surface area (Å²) in [7, 11) is 0. The molecule has 2 heterocycles. The van der Waals surface area contributed by atoms with Crippen LogP contribution in [0.3, 0.4) is 0 Å². The molecule has 44 heavy (non-hydrogen) atoms. The SMILES string of the molecule is Cc1ccc(C)n1-c1ccc(OCc2ccc(C(=O)N/N=C/c3cc(Br)cc([N+](=O)[O-])c3OCc3ccccc3Cl)o2)cc1. The largest absolute Gasteiger partial charge is 0.486 e. The summed E-state index contributed by atoms with van der Waals surface area (Å²) >= 11 is 9.48. The van der Waals surface area contributed by atoms with Crippen LogP contribution in [0.15, 0.2) is 98.9 Å². The quantitative estimate of drug-likeness (QED) is 0.0861. The fraction of sp³-hybridized carbons (Fsp3) is 0.125. The van der Waals surface area contributed by atoms with Crippen molar-refractivity contribution in [1.82, 2.24) is 9.99 Å². The lowest BCUT2D eigenvalue weighted by molar-refractivity contribution is -0.386. The molecule has 0 saturated heterocycles. The first-order valence-electron chi connectivity index (χ1n) is 13.3. The third-order valence-corrected chi connectivity index (χ3v) is 7.42. The zero-order valence-electron chi connectivity index (χ0n) is 23.6. The van der Waals surface area contributed by atoms with E-state index in [1.807, 2.05) is 24.3 Å².